The van der Waals surface area contributed by atoms with Crippen LogP contribution in [0.4, 0.5) is 0 Å². The Labute approximate surface area is 89.9 Å². The molecule has 1 aliphatic rings. The predicted octanol–water partition coefficient (Wildman–Crippen LogP) is 1.53. The summed E-state index contributed by atoms with van der Waals surface area (Å²) in [7, 11) is 0. The molecule has 1 N–H and O–H groups in total. The quantitative estimate of drug-likeness (QED) is 0.775. The molecule has 4 heteroatoms. The minimum absolute atomic E-state index is 0.240. The van der Waals surface area contributed by atoms with Crippen molar-refractivity contribution in [2.75, 3.05) is 25.4 Å². The highest BCUT2D eigenvalue weighted by molar-refractivity contribution is 8.00. The molecule has 14 heavy (non-hydrogen) atoms. The molecule has 0 aromatic heterocycles. The molecule has 2 atom stereocenters. The molecule has 0 aromatic rings. The van der Waals surface area contributed by atoms with Crippen molar-refractivity contribution in [3.63, 3.8) is 0 Å². The van der Waals surface area contributed by atoms with E-state index in [-0.39, 0.29) is 5.92 Å². The van der Waals surface area contributed by atoms with Gasteiger partial charge in [0.2, 0.25) is 0 Å². The smallest absolute Gasteiger partial charge is 0.307 e. The van der Waals surface area contributed by atoms with Crippen molar-refractivity contribution in [3.05, 3.63) is 0 Å². The fourth-order valence-electron chi connectivity index (χ4n) is 1.66. The lowest BCUT2D eigenvalue weighted by atomic mass is 10.1. The molecular formula is C10H19NO2S. The summed E-state index contributed by atoms with van der Waals surface area (Å²) in [6, 6.07) is 0. The van der Waals surface area contributed by atoms with Crippen LogP contribution in [-0.2, 0) is 4.79 Å². The van der Waals surface area contributed by atoms with Crippen molar-refractivity contribution in [2.24, 2.45) is 5.92 Å². The van der Waals surface area contributed by atoms with Crippen molar-refractivity contribution in [1.29, 1.82) is 0 Å². The number of hydrogen-bond acceptors (Lipinski definition) is 3. The largest absolute Gasteiger partial charge is 0.481 e. The molecule has 82 valence electrons. The van der Waals surface area contributed by atoms with Crippen LogP contribution < -0.4 is 0 Å². The third-order valence-electron chi connectivity index (χ3n) is 2.63. The molecule has 2 unspecified atom stereocenters. The molecule has 3 nitrogen and oxygen atoms in total. The summed E-state index contributed by atoms with van der Waals surface area (Å²) in [6.07, 6.45) is 1.18. The molecule has 0 spiro atoms. The van der Waals surface area contributed by atoms with Crippen LogP contribution in [0.3, 0.4) is 0 Å². The maximum Gasteiger partial charge on any atom is 0.307 e. The Morgan fingerprint density at radius 1 is 1.71 bits per heavy atom. The second kappa shape index (κ2) is 5.61. The zero-order valence-corrected chi connectivity index (χ0v) is 9.72. The number of rotatable bonds is 4. The van der Waals surface area contributed by atoms with Crippen LogP contribution >= 0.6 is 11.8 Å². The van der Waals surface area contributed by atoms with E-state index in [2.05, 4.69) is 11.8 Å². The third kappa shape index (κ3) is 3.50. The minimum atomic E-state index is -0.684. The normalized spacial score (nSPS) is 26.0. The number of thioether (sulfide) groups is 1. The highest BCUT2D eigenvalue weighted by atomic mass is 32.2. The van der Waals surface area contributed by atoms with Crippen LogP contribution in [-0.4, -0.2) is 46.6 Å². The Morgan fingerprint density at radius 2 is 2.43 bits per heavy atom. The zero-order valence-electron chi connectivity index (χ0n) is 8.90. The molecule has 0 aromatic carbocycles. The van der Waals surface area contributed by atoms with Crippen molar-refractivity contribution >= 4 is 17.7 Å². The molecule has 1 saturated heterocycles. The van der Waals surface area contributed by atoms with Crippen LogP contribution in [0.2, 0.25) is 0 Å². The molecule has 1 aliphatic heterocycles. The lowest BCUT2D eigenvalue weighted by molar-refractivity contribution is -0.141. The number of carboxylic acids is 1. The molecule has 0 saturated carbocycles. The van der Waals surface area contributed by atoms with Gasteiger partial charge < -0.3 is 10.0 Å². The summed E-state index contributed by atoms with van der Waals surface area (Å²) in [5.74, 6) is 0.220. The molecule has 0 amide bonds. The topological polar surface area (TPSA) is 40.5 Å². The van der Waals surface area contributed by atoms with Gasteiger partial charge in [0.1, 0.15) is 0 Å². The predicted molar refractivity (Wildman–Crippen MR) is 59.8 cm³/mol. The van der Waals surface area contributed by atoms with Gasteiger partial charge >= 0.3 is 5.97 Å². The van der Waals surface area contributed by atoms with E-state index < -0.39 is 5.97 Å². The maximum absolute atomic E-state index is 10.7. The lowest BCUT2D eigenvalue weighted by Gasteiger charge is -2.32. The van der Waals surface area contributed by atoms with E-state index in [1.165, 1.54) is 6.42 Å². The number of carbonyl (C=O) groups is 1. The average Bonchev–Trinajstić information content (AvgIpc) is 2.18. The van der Waals surface area contributed by atoms with Gasteiger partial charge in [0.15, 0.2) is 0 Å². The Kier molecular flexibility index (Phi) is 4.75. The first kappa shape index (κ1) is 11.9. The SMILES string of the molecule is CCC1CN(CC(C)C(=O)O)CCS1. The molecule has 1 rings (SSSR count). The number of nitrogens with zero attached hydrogens (tertiary/aromatic N) is 1. The molecule has 0 radical (unpaired) electrons. The highest BCUT2D eigenvalue weighted by Gasteiger charge is 2.22. The first-order valence-corrected chi connectivity index (χ1v) is 6.25. The second-order valence-corrected chi connectivity index (χ2v) is 5.31. The fourth-order valence-corrected chi connectivity index (χ4v) is 2.91. The first-order chi connectivity index (χ1) is 6.63. The minimum Gasteiger partial charge on any atom is -0.481 e. The van der Waals surface area contributed by atoms with E-state index in [4.69, 9.17) is 5.11 Å². The maximum atomic E-state index is 10.7. The number of carboxylic acid groups (broad SMARTS) is 1. The summed E-state index contributed by atoms with van der Waals surface area (Å²) >= 11 is 2.01. The monoisotopic (exact) mass is 217 g/mol. The summed E-state index contributed by atoms with van der Waals surface area (Å²) < 4.78 is 0. The summed E-state index contributed by atoms with van der Waals surface area (Å²) in [5, 5.41) is 9.50. The van der Waals surface area contributed by atoms with Crippen molar-refractivity contribution in [3.8, 4) is 0 Å². The van der Waals surface area contributed by atoms with Crippen molar-refractivity contribution in [2.45, 2.75) is 25.5 Å². The van der Waals surface area contributed by atoms with Gasteiger partial charge in [0.25, 0.3) is 0 Å². The number of hydrogen-bond donors (Lipinski definition) is 1. The number of aliphatic carboxylic acids is 1. The standard InChI is InChI=1S/C10H19NO2S/c1-3-9-7-11(4-5-14-9)6-8(2)10(12)13/h8-9H,3-7H2,1-2H3,(H,12,13). The van der Waals surface area contributed by atoms with Gasteiger partial charge in [-0.25, -0.2) is 0 Å². The molecular weight excluding hydrogens is 198 g/mol. The van der Waals surface area contributed by atoms with E-state index in [9.17, 15) is 4.79 Å². The second-order valence-electron chi connectivity index (χ2n) is 3.90. The van der Waals surface area contributed by atoms with Crippen LogP contribution in [0.15, 0.2) is 0 Å². The Balaban J connectivity index is 2.33. The van der Waals surface area contributed by atoms with Gasteiger partial charge in [-0.3, -0.25) is 4.79 Å². The Bertz CT molecular complexity index is 199. The summed E-state index contributed by atoms with van der Waals surface area (Å²) in [5.41, 5.74) is 0. The van der Waals surface area contributed by atoms with Crippen LogP contribution in [0, 0.1) is 5.92 Å². The summed E-state index contributed by atoms with van der Waals surface area (Å²) in [6.45, 7) is 6.77. The van der Waals surface area contributed by atoms with Crippen molar-refractivity contribution < 1.29 is 9.90 Å². The van der Waals surface area contributed by atoms with Crippen LogP contribution in [0.25, 0.3) is 0 Å². The van der Waals surface area contributed by atoms with E-state index in [1.807, 2.05) is 11.8 Å². The molecule has 0 bridgehead atoms. The molecule has 1 fully saturated rings. The van der Waals surface area contributed by atoms with Crippen molar-refractivity contribution in [1.82, 2.24) is 4.90 Å². The van der Waals surface area contributed by atoms with E-state index in [0.717, 1.165) is 18.8 Å². The fraction of sp³-hybridized carbons (Fsp3) is 0.900. The summed E-state index contributed by atoms with van der Waals surface area (Å²) in [4.78, 5) is 13.0. The van der Waals surface area contributed by atoms with Crippen LogP contribution in [0.5, 0.6) is 0 Å². The van der Waals surface area contributed by atoms with E-state index in [0.29, 0.717) is 11.8 Å². The van der Waals surface area contributed by atoms with Gasteiger partial charge in [0.05, 0.1) is 5.92 Å². The molecule has 1 heterocycles. The Hall–Kier alpha value is -0.220. The Morgan fingerprint density at radius 3 is 3.00 bits per heavy atom. The van der Waals surface area contributed by atoms with Crippen LogP contribution in [0.1, 0.15) is 20.3 Å². The zero-order chi connectivity index (χ0) is 10.6. The van der Waals surface area contributed by atoms with E-state index >= 15 is 0 Å². The van der Waals surface area contributed by atoms with E-state index in [1.54, 1.807) is 6.92 Å². The van der Waals surface area contributed by atoms with Gasteiger partial charge in [-0.15, -0.1) is 0 Å². The van der Waals surface area contributed by atoms with Gasteiger partial charge in [-0.2, -0.15) is 11.8 Å². The van der Waals surface area contributed by atoms with Gasteiger partial charge in [-0.05, 0) is 6.42 Å². The highest BCUT2D eigenvalue weighted by Crippen LogP contribution is 2.21. The molecule has 0 aliphatic carbocycles. The third-order valence-corrected chi connectivity index (χ3v) is 4.00. The average molecular weight is 217 g/mol. The lowest BCUT2D eigenvalue weighted by Crippen LogP contribution is -2.41. The van der Waals surface area contributed by atoms with Gasteiger partial charge in [-0.1, -0.05) is 13.8 Å². The van der Waals surface area contributed by atoms with Gasteiger partial charge in [0, 0.05) is 30.6 Å². The first-order valence-electron chi connectivity index (χ1n) is 5.20.